The number of urea groups is 1. The Labute approximate surface area is 124 Å². The Morgan fingerprint density at radius 2 is 1.90 bits per heavy atom. The molecule has 2 aliphatic heterocycles. The molecule has 0 bridgehead atoms. The van der Waals surface area contributed by atoms with Crippen molar-refractivity contribution in [2.45, 2.75) is 38.3 Å². The zero-order valence-electron chi connectivity index (χ0n) is 12.3. The van der Waals surface area contributed by atoms with Gasteiger partial charge in [-0.3, -0.25) is 9.69 Å². The lowest BCUT2D eigenvalue weighted by molar-refractivity contribution is 0.101. The molecule has 2 heterocycles. The molecule has 0 radical (unpaired) electrons. The maximum Gasteiger partial charge on any atom is 0.319 e. The van der Waals surface area contributed by atoms with Crippen LogP contribution in [0.2, 0.25) is 0 Å². The third-order valence-electron chi connectivity index (χ3n) is 4.47. The molecule has 1 aromatic carbocycles. The number of carbonyl (C=O) groups is 2. The molecule has 112 valence electrons. The van der Waals surface area contributed by atoms with Gasteiger partial charge in [0.05, 0.1) is 0 Å². The fourth-order valence-corrected chi connectivity index (χ4v) is 3.37. The first kappa shape index (κ1) is 14.1. The summed E-state index contributed by atoms with van der Waals surface area (Å²) in [7, 11) is 0. The molecule has 5 nitrogen and oxygen atoms in total. The molecule has 2 atom stereocenters. The summed E-state index contributed by atoms with van der Waals surface area (Å²) in [6.45, 7) is 3.78. The quantitative estimate of drug-likeness (QED) is 0.838. The van der Waals surface area contributed by atoms with E-state index in [1.165, 1.54) is 19.8 Å². The van der Waals surface area contributed by atoms with Gasteiger partial charge in [0, 0.05) is 29.9 Å². The van der Waals surface area contributed by atoms with Crippen molar-refractivity contribution < 1.29 is 9.59 Å². The van der Waals surface area contributed by atoms with Gasteiger partial charge in [-0.15, -0.1) is 0 Å². The summed E-state index contributed by atoms with van der Waals surface area (Å²) in [6, 6.07) is 7.57. The van der Waals surface area contributed by atoms with Crippen LogP contribution in [0.5, 0.6) is 0 Å². The summed E-state index contributed by atoms with van der Waals surface area (Å²) >= 11 is 0. The standard InChI is InChI=1S/C16H21N3O2/c1-11(20)12-4-6-13(7-5-12)17-16(21)18-14-8-10-19-9-2-3-15(14)19/h4-7,14-15H,2-3,8-10H2,1H3,(H2,17,18,21). The maximum absolute atomic E-state index is 12.1. The number of hydrogen-bond acceptors (Lipinski definition) is 3. The molecular formula is C16H21N3O2. The Hall–Kier alpha value is -1.88. The summed E-state index contributed by atoms with van der Waals surface area (Å²) in [5, 5.41) is 5.91. The van der Waals surface area contributed by atoms with E-state index in [1.54, 1.807) is 24.3 Å². The second kappa shape index (κ2) is 5.85. The number of Topliss-reactive ketones (excluding diaryl/α,β-unsaturated/α-hetero) is 1. The number of anilines is 1. The third kappa shape index (κ3) is 3.08. The Morgan fingerprint density at radius 3 is 2.62 bits per heavy atom. The van der Waals surface area contributed by atoms with E-state index in [9.17, 15) is 9.59 Å². The first-order valence-corrected chi connectivity index (χ1v) is 7.56. The molecular weight excluding hydrogens is 266 g/mol. The van der Waals surface area contributed by atoms with Crippen LogP contribution >= 0.6 is 0 Å². The lowest BCUT2D eigenvalue weighted by Gasteiger charge is -2.21. The SMILES string of the molecule is CC(=O)c1ccc(NC(=O)NC2CCN3CCCC23)cc1. The van der Waals surface area contributed by atoms with E-state index in [2.05, 4.69) is 15.5 Å². The number of hydrogen-bond donors (Lipinski definition) is 2. The highest BCUT2D eigenvalue weighted by atomic mass is 16.2. The Bertz CT molecular complexity index is 541. The van der Waals surface area contributed by atoms with Crippen molar-refractivity contribution in [2.24, 2.45) is 0 Å². The van der Waals surface area contributed by atoms with Crippen LogP contribution in [0.3, 0.4) is 0 Å². The molecule has 0 saturated carbocycles. The Morgan fingerprint density at radius 1 is 1.14 bits per heavy atom. The van der Waals surface area contributed by atoms with Gasteiger partial charge in [-0.1, -0.05) is 0 Å². The average Bonchev–Trinajstić information content (AvgIpc) is 3.04. The number of rotatable bonds is 3. The van der Waals surface area contributed by atoms with Crippen molar-refractivity contribution in [3.05, 3.63) is 29.8 Å². The molecule has 21 heavy (non-hydrogen) atoms. The summed E-state index contributed by atoms with van der Waals surface area (Å²) in [5.74, 6) is 0.0262. The monoisotopic (exact) mass is 287 g/mol. The summed E-state index contributed by atoms with van der Waals surface area (Å²) < 4.78 is 0. The van der Waals surface area contributed by atoms with E-state index < -0.39 is 0 Å². The lowest BCUT2D eigenvalue weighted by Crippen LogP contribution is -2.44. The summed E-state index contributed by atoms with van der Waals surface area (Å²) in [6.07, 6.45) is 3.44. The molecule has 2 aliphatic rings. The second-order valence-electron chi connectivity index (χ2n) is 5.87. The molecule has 2 amide bonds. The van der Waals surface area contributed by atoms with Crippen molar-refractivity contribution in [1.29, 1.82) is 0 Å². The summed E-state index contributed by atoms with van der Waals surface area (Å²) in [5.41, 5.74) is 1.36. The van der Waals surface area contributed by atoms with Crippen molar-refractivity contribution >= 4 is 17.5 Å². The molecule has 2 fully saturated rings. The van der Waals surface area contributed by atoms with Gasteiger partial charge >= 0.3 is 6.03 Å². The minimum atomic E-state index is -0.163. The minimum absolute atomic E-state index is 0.0262. The predicted octanol–water partition coefficient (Wildman–Crippen LogP) is 2.25. The molecule has 0 aliphatic carbocycles. The van der Waals surface area contributed by atoms with Crippen molar-refractivity contribution in [1.82, 2.24) is 10.2 Å². The predicted molar refractivity (Wildman–Crippen MR) is 81.6 cm³/mol. The molecule has 5 heteroatoms. The number of fused-ring (bicyclic) bond motifs is 1. The number of ketones is 1. The minimum Gasteiger partial charge on any atom is -0.334 e. The van der Waals surface area contributed by atoms with Crippen molar-refractivity contribution in [2.75, 3.05) is 18.4 Å². The lowest BCUT2D eigenvalue weighted by atomic mass is 10.1. The van der Waals surface area contributed by atoms with Crippen LogP contribution in [0.25, 0.3) is 0 Å². The second-order valence-corrected chi connectivity index (χ2v) is 5.87. The Balaban J connectivity index is 1.55. The first-order valence-electron chi connectivity index (χ1n) is 7.56. The van der Waals surface area contributed by atoms with Crippen molar-refractivity contribution in [3.63, 3.8) is 0 Å². The van der Waals surface area contributed by atoms with E-state index >= 15 is 0 Å². The van der Waals surface area contributed by atoms with Gasteiger partial charge in [0.25, 0.3) is 0 Å². The molecule has 3 rings (SSSR count). The molecule has 2 saturated heterocycles. The first-order chi connectivity index (χ1) is 10.1. The normalized spacial score (nSPS) is 24.6. The van der Waals surface area contributed by atoms with E-state index in [0.29, 0.717) is 17.3 Å². The van der Waals surface area contributed by atoms with Gasteiger partial charge < -0.3 is 10.6 Å². The largest absolute Gasteiger partial charge is 0.334 e. The zero-order valence-corrected chi connectivity index (χ0v) is 12.3. The smallest absolute Gasteiger partial charge is 0.319 e. The van der Waals surface area contributed by atoms with Crippen LogP contribution in [0, 0.1) is 0 Å². The van der Waals surface area contributed by atoms with Crippen LogP contribution in [0.4, 0.5) is 10.5 Å². The number of nitrogens with zero attached hydrogens (tertiary/aromatic N) is 1. The van der Waals surface area contributed by atoms with E-state index in [-0.39, 0.29) is 17.9 Å². The van der Waals surface area contributed by atoms with Crippen LogP contribution < -0.4 is 10.6 Å². The third-order valence-corrected chi connectivity index (χ3v) is 4.47. The van der Waals surface area contributed by atoms with Crippen LogP contribution in [0.15, 0.2) is 24.3 Å². The van der Waals surface area contributed by atoms with Gasteiger partial charge in [0.2, 0.25) is 0 Å². The highest BCUT2D eigenvalue weighted by Crippen LogP contribution is 2.27. The average molecular weight is 287 g/mol. The highest BCUT2D eigenvalue weighted by Gasteiger charge is 2.37. The van der Waals surface area contributed by atoms with Crippen LogP contribution in [-0.4, -0.2) is 41.9 Å². The van der Waals surface area contributed by atoms with Crippen LogP contribution in [-0.2, 0) is 0 Å². The van der Waals surface area contributed by atoms with Gasteiger partial charge in [-0.2, -0.15) is 0 Å². The van der Waals surface area contributed by atoms with Gasteiger partial charge in [-0.05, 0) is 57.0 Å². The summed E-state index contributed by atoms with van der Waals surface area (Å²) in [4.78, 5) is 25.7. The van der Waals surface area contributed by atoms with E-state index in [0.717, 1.165) is 19.5 Å². The Kier molecular flexibility index (Phi) is 3.92. The topological polar surface area (TPSA) is 61.4 Å². The molecule has 1 aromatic rings. The molecule has 0 spiro atoms. The zero-order chi connectivity index (χ0) is 14.8. The van der Waals surface area contributed by atoms with E-state index in [4.69, 9.17) is 0 Å². The van der Waals surface area contributed by atoms with Gasteiger partial charge in [0.1, 0.15) is 0 Å². The van der Waals surface area contributed by atoms with Gasteiger partial charge in [-0.25, -0.2) is 4.79 Å². The fourth-order valence-electron chi connectivity index (χ4n) is 3.37. The number of carbonyl (C=O) groups excluding carboxylic acids is 2. The molecule has 2 unspecified atom stereocenters. The van der Waals surface area contributed by atoms with Crippen molar-refractivity contribution in [3.8, 4) is 0 Å². The number of benzene rings is 1. The molecule has 0 aromatic heterocycles. The molecule has 2 N–H and O–H groups in total. The van der Waals surface area contributed by atoms with E-state index in [1.807, 2.05) is 0 Å². The fraction of sp³-hybridized carbons (Fsp3) is 0.500. The highest BCUT2D eigenvalue weighted by molar-refractivity contribution is 5.95. The van der Waals surface area contributed by atoms with Crippen LogP contribution in [0.1, 0.15) is 36.5 Å². The number of amides is 2. The van der Waals surface area contributed by atoms with Gasteiger partial charge in [0.15, 0.2) is 5.78 Å². The number of nitrogens with one attached hydrogen (secondary N) is 2. The maximum atomic E-state index is 12.1.